The normalized spacial score (nSPS) is 19.1. The summed E-state index contributed by atoms with van der Waals surface area (Å²) in [6.07, 6.45) is 0.0520. The molecule has 0 bridgehead atoms. The Morgan fingerprint density at radius 2 is 2.05 bits per heavy atom. The molecule has 100 valence electrons. The van der Waals surface area contributed by atoms with E-state index in [1.807, 2.05) is 32.0 Å². The molecular weight excluding hydrogens is 246 g/mol. The smallest absolute Gasteiger partial charge is 0.323 e. The third kappa shape index (κ3) is 2.36. The molecule has 0 saturated carbocycles. The monoisotopic (exact) mass is 261 g/mol. The van der Waals surface area contributed by atoms with E-state index in [-0.39, 0.29) is 6.42 Å². The molecule has 2 rings (SSSR count). The number of carbonyl (C=O) groups is 3. The average Bonchev–Trinajstić information content (AvgIpc) is 2.60. The zero-order chi connectivity index (χ0) is 14.2. The zero-order valence-electron chi connectivity index (χ0n) is 10.8. The van der Waals surface area contributed by atoms with Crippen LogP contribution in [-0.2, 0) is 14.4 Å². The maximum atomic E-state index is 12.2. The van der Waals surface area contributed by atoms with Crippen LogP contribution in [0.4, 0.5) is 0 Å². The fraction of sp³-hybridized carbons (Fsp3) is 0.357. The molecule has 0 aliphatic carbocycles. The molecule has 2 amide bonds. The second-order valence-corrected chi connectivity index (χ2v) is 4.76. The van der Waals surface area contributed by atoms with Crippen LogP contribution in [0, 0.1) is 13.8 Å². The van der Waals surface area contributed by atoms with E-state index in [1.165, 1.54) is 0 Å². The molecule has 19 heavy (non-hydrogen) atoms. The highest BCUT2D eigenvalue weighted by molar-refractivity contribution is 6.08. The summed E-state index contributed by atoms with van der Waals surface area (Å²) in [5.41, 5.74) is 2.84. The quantitative estimate of drug-likeness (QED) is 0.830. The third-order valence-electron chi connectivity index (χ3n) is 3.56. The van der Waals surface area contributed by atoms with Gasteiger partial charge in [-0.05, 0) is 30.5 Å². The van der Waals surface area contributed by atoms with E-state index in [4.69, 9.17) is 5.11 Å². The molecule has 5 nitrogen and oxygen atoms in total. The lowest BCUT2D eigenvalue weighted by molar-refractivity contribution is -0.148. The Bertz CT molecular complexity index is 565. The summed E-state index contributed by atoms with van der Waals surface area (Å²) in [6, 6.07) is 5.60. The van der Waals surface area contributed by atoms with Crippen LogP contribution in [0.5, 0.6) is 0 Å². The van der Waals surface area contributed by atoms with Crippen LogP contribution in [0.25, 0.3) is 0 Å². The molecule has 0 spiro atoms. The number of benzene rings is 1. The first-order valence-corrected chi connectivity index (χ1v) is 6.04. The molecule has 1 heterocycles. The minimum absolute atomic E-state index is 0.0520. The van der Waals surface area contributed by atoms with E-state index < -0.39 is 30.2 Å². The van der Waals surface area contributed by atoms with Gasteiger partial charge in [0, 0.05) is 6.42 Å². The van der Waals surface area contributed by atoms with Crippen molar-refractivity contribution in [3.8, 4) is 0 Å². The van der Waals surface area contributed by atoms with Crippen molar-refractivity contribution >= 4 is 17.8 Å². The first kappa shape index (κ1) is 13.3. The SMILES string of the molecule is Cc1cccc(C2CC(=O)N(CC(=O)O)C2=O)c1C. The number of carbonyl (C=O) groups excluding carboxylic acids is 2. The molecule has 5 heteroatoms. The van der Waals surface area contributed by atoms with Crippen LogP contribution in [0.3, 0.4) is 0 Å². The van der Waals surface area contributed by atoms with Gasteiger partial charge in [0.25, 0.3) is 0 Å². The zero-order valence-corrected chi connectivity index (χ0v) is 10.8. The highest BCUT2D eigenvalue weighted by Crippen LogP contribution is 2.32. The topological polar surface area (TPSA) is 74.7 Å². The van der Waals surface area contributed by atoms with Gasteiger partial charge in [0.2, 0.25) is 11.8 Å². The molecule has 0 radical (unpaired) electrons. The Morgan fingerprint density at radius 1 is 1.37 bits per heavy atom. The van der Waals surface area contributed by atoms with E-state index in [0.717, 1.165) is 21.6 Å². The number of hydrogen-bond acceptors (Lipinski definition) is 3. The van der Waals surface area contributed by atoms with Gasteiger partial charge in [0.15, 0.2) is 0 Å². The van der Waals surface area contributed by atoms with E-state index >= 15 is 0 Å². The number of amides is 2. The standard InChI is InChI=1S/C14H15NO4/c1-8-4-3-5-10(9(8)2)11-6-12(16)15(14(11)19)7-13(17)18/h3-5,11H,6-7H2,1-2H3,(H,17,18). The first-order chi connectivity index (χ1) is 8.91. The summed E-state index contributed by atoms with van der Waals surface area (Å²) in [4.78, 5) is 35.4. The van der Waals surface area contributed by atoms with E-state index in [9.17, 15) is 14.4 Å². The summed E-state index contributed by atoms with van der Waals surface area (Å²) in [7, 11) is 0. The average molecular weight is 261 g/mol. The van der Waals surface area contributed by atoms with Crippen molar-refractivity contribution in [2.45, 2.75) is 26.2 Å². The largest absolute Gasteiger partial charge is 0.480 e. The minimum Gasteiger partial charge on any atom is -0.480 e. The van der Waals surface area contributed by atoms with Crippen molar-refractivity contribution in [3.05, 3.63) is 34.9 Å². The summed E-state index contributed by atoms with van der Waals surface area (Å²) in [5.74, 6) is -2.56. The van der Waals surface area contributed by atoms with Gasteiger partial charge in [0.05, 0.1) is 5.92 Å². The number of carboxylic acids is 1. The number of hydrogen-bond donors (Lipinski definition) is 1. The predicted molar refractivity (Wildman–Crippen MR) is 67.6 cm³/mol. The summed E-state index contributed by atoms with van der Waals surface area (Å²) in [6.45, 7) is 3.29. The van der Waals surface area contributed by atoms with E-state index in [0.29, 0.717) is 0 Å². The molecule has 1 N–H and O–H groups in total. The van der Waals surface area contributed by atoms with Crippen LogP contribution >= 0.6 is 0 Å². The first-order valence-electron chi connectivity index (χ1n) is 6.04. The van der Waals surface area contributed by atoms with Gasteiger partial charge in [-0.3, -0.25) is 19.3 Å². The lowest BCUT2D eigenvalue weighted by atomic mass is 9.91. The fourth-order valence-electron chi connectivity index (χ4n) is 2.38. The van der Waals surface area contributed by atoms with Crippen LogP contribution in [0.15, 0.2) is 18.2 Å². The Morgan fingerprint density at radius 3 is 2.68 bits per heavy atom. The number of carboxylic acid groups (broad SMARTS) is 1. The van der Waals surface area contributed by atoms with E-state index in [1.54, 1.807) is 0 Å². The van der Waals surface area contributed by atoms with Crippen LogP contribution in [0.2, 0.25) is 0 Å². The van der Waals surface area contributed by atoms with Gasteiger partial charge < -0.3 is 5.11 Å². The Labute approximate surface area is 110 Å². The van der Waals surface area contributed by atoms with Crippen LogP contribution in [0.1, 0.15) is 29.0 Å². The van der Waals surface area contributed by atoms with Gasteiger partial charge in [-0.1, -0.05) is 18.2 Å². The van der Waals surface area contributed by atoms with Gasteiger partial charge in [-0.2, -0.15) is 0 Å². The number of imide groups is 1. The fourth-order valence-corrected chi connectivity index (χ4v) is 2.38. The second kappa shape index (κ2) is 4.84. The third-order valence-corrected chi connectivity index (χ3v) is 3.56. The van der Waals surface area contributed by atoms with Crippen molar-refractivity contribution in [2.75, 3.05) is 6.54 Å². The lowest BCUT2D eigenvalue weighted by Crippen LogP contribution is -2.35. The number of nitrogens with zero attached hydrogens (tertiary/aromatic N) is 1. The summed E-state index contributed by atoms with van der Waals surface area (Å²) in [5, 5.41) is 8.72. The Kier molecular flexibility index (Phi) is 3.38. The van der Waals surface area contributed by atoms with E-state index in [2.05, 4.69) is 0 Å². The molecule has 1 aliphatic heterocycles. The van der Waals surface area contributed by atoms with Crippen molar-refractivity contribution < 1.29 is 19.5 Å². The molecule has 0 aromatic heterocycles. The predicted octanol–water partition coefficient (Wildman–Crippen LogP) is 1.23. The van der Waals surface area contributed by atoms with Gasteiger partial charge in [0.1, 0.15) is 6.54 Å². The highest BCUT2D eigenvalue weighted by atomic mass is 16.4. The minimum atomic E-state index is -1.18. The van der Waals surface area contributed by atoms with Gasteiger partial charge in [-0.15, -0.1) is 0 Å². The number of aliphatic carboxylic acids is 1. The molecular formula is C14H15NO4. The molecule has 1 aliphatic rings. The molecule has 1 fully saturated rings. The van der Waals surface area contributed by atoms with Crippen molar-refractivity contribution in [1.29, 1.82) is 0 Å². The second-order valence-electron chi connectivity index (χ2n) is 4.76. The highest BCUT2D eigenvalue weighted by Gasteiger charge is 2.40. The maximum Gasteiger partial charge on any atom is 0.323 e. The van der Waals surface area contributed by atoms with Crippen LogP contribution in [-0.4, -0.2) is 34.3 Å². The molecule has 1 atom stereocenters. The summed E-state index contributed by atoms with van der Waals surface area (Å²) >= 11 is 0. The number of aryl methyl sites for hydroxylation is 1. The van der Waals surface area contributed by atoms with Gasteiger partial charge in [-0.25, -0.2) is 0 Å². The Balaban J connectivity index is 2.33. The molecule has 1 aromatic carbocycles. The molecule has 1 unspecified atom stereocenters. The number of likely N-dealkylation sites (tertiary alicyclic amines) is 1. The van der Waals surface area contributed by atoms with Crippen molar-refractivity contribution in [1.82, 2.24) is 4.90 Å². The maximum absolute atomic E-state index is 12.2. The van der Waals surface area contributed by atoms with Gasteiger partial charge >= 0.3 is 5.97 Å². The van der Waals surface area contributed by atoms with Crippen molar-refractivity contribution in [2.24, 2.45) is 0 Å². The molecule has 1 saturated heterocycles. The number of rotatable bonds is 3. The summed E-state index contributed by atoms with van der Waals surface area (Å²) < 4.78 is 0. The Hall–Kier alpha value is -2.17. The lowest BCUT2D eigenvalue weighted by Gasteiger charge is -2.15. The molecule has 1 aromatic rings. The van der Waals surface area contributed by atoms with Crippen molar-refractivity contribution in [3.63, 3.8) is 0 Å². The van der Waals surface area contributed by atoms with Crippen LogP contribution < -0.4 is 0 Å².